The van der Waals surface area contributed by atoms with E-state index in [9.17, 15) is 24.3 Å². The Hall–Kier alpha value is -3.28. The van der Waals surface area contributed by atoms with Crippen LogP contribution in [0, 0.1) is 0 Å². The maximum absolute atomic E-state index is 11.8. The van der Waals surface area contributed by atoms with E-state index in [0.29, 0.717) is 31.6 Å². The zero-order chi connectivity index (χ0) is 22.5. The third kappa shape index (κ3) is 5.66. The highest BCUT2D eigenvalue weighted by atomic mass is 32.1. The van der Waals surface area contributed by atoms with Gasteiger partial charge in [0.05, 0.1) is 5.56 Å². The molecule has 0 fully saturated rings. The Bertz CT molecular complexity index is 1020. The third-order valence-electron chi connectivity index (χ3n) is 4.72. The number of aliphatic carboxylic acids is 1. The highest BCUT2D eigenvalue weighted by molar-refractivity contribution is 7.17. The molecule has 164 valence electrons. The topological polar surface area (TPSA) is 157 Å². The van der Waals surface area contributed by atoms with Crippen LogP contribution in [-0.4, -0.2) is 46.6 Å². The smallest absolute Gasteiger partial charge is 0.394 e. The summed E-state index contributed by atoms with van der Waals surface area (Å²) in [6.07, 6.45) is 0.435. The molecule has 1 aromatic heterocycles. The zero-order valence-corrected chi connectivity index (χ0v) is 17.5. The zero-order valence-electron chi connectivity index (χ0n) is 16.7. The van der Waals surface area contributed by atoms with Crippen molar-refractivity contribution in [3.63, 3.8) is 0 Å². The minimum Gasteiger partial charge on any atom is -0.478 e. The van der Waals surface area contributed by atoms with Crippen molar-refractivity contribution in [3.05, 3.63) is 45.8 Å². The van der Waals surface area contributed by atoms with Gasteiger partial charge in [0.15, 0.2) is 0 Å². The van der Waals surface area contributed by atoms with E-state index >= 15 is 0 Å². The Morgan fingerprint density at radius 2 is 1.84 bits per heavy atom. The van der Waals surface area contributed by atoms with Crippen LogP contribution in [0.2, 0.25) is 0 Å². The number of rotatable bonds is 7. The number of carbonyl (C=O) groups is 4. The molecule has 11 heteroatoms. The summed E-state index contributed by atoms with van der Waals surface area (Å²) in [5, 5.41) is 29.9. The van der Waals surface area contributed by atoms with Crippen molar-refractivity contribution in [1.82, 2.24) is 10.6 Å². The fourth-order valence-corrected chi connectivity index (χ4v) is 4.51. The number of thiophene rings is 1. The van der Waals surface area contributed by atoms with Crippen molar-refractivity contribution in [2.24, 2.45) is 0 Å². The normalized spacial score (nSPS) is 15.1. The lowest BCUT2D eigenvalue weighted by atomic mass is 9.98. The summed E-state index contributed by atoms with van der Waals surface area (Å²) in [4.78, 5) is 45.8. The molecule has 0 radical (unpaired) electrons. The highest BCUT2D eigenvalue weighted by Crippen LogP contribution is 2.36. The summed E-state index contributed by atoms with van der Waals surface area (Å²) in [7, 11) is 0. The summed E-state index contributed by atoms with van der Waals surface area (Å²) in [5.74, 6) is -4.27. The van der Waals surface area contributed by atoms with Crippen LogP contribution in [0.25, 0.3) is 0 Å². The van der Waals surface area contributed by atoms with E-state index in [4.69, 9.17) is 5.11 Å². The van der Waals surface area contributed by atoms with Crippen molar-refractivity contribution in [2.75, 3.05) is 17.2 Å². The molecule has 1 aromatic carbocycles. The summed E-state index contributed by atoms with van der Waals surface area (Å²) >= 11 is 1.08. The largest absolute Gasteiger partial charge is 0.478 e. The Morgan fingerprint density at radius 3 is 2.45 bits per heavy atom. The van der Waals surface area contributed by atoms with Gasteiger partial charge in [-0.25, -0.2) is 9.59 Å². The molecule has 0 aliphatic carbocycles. The number of carboxylic acid groups (broad SMARTS) is 2. The van der Waals surface area contributed by atoms with Crippen LogP contribution < -0.4 is 21.3 Å². The molecule has 1 unspecified atom stereocenters. The van der Waals surface area contributed by atoms with Crippen LogP contribution >= 0.6 is 11.3 Å². The van der Waals surface area contributed by atoms with Crippen LogP contribution in [0.4, 0.5) is 10.7 Å². The van der Waals surface area contributed by atoms with Gasteiger partial charge >= 0.3 is 17.8 Å². The fraction of sp³-hybridized carbons (Fsp3) is 0.300. The highest BCUT2D eigenvalue weighted by Gasteiger charge is 2.30. The van der Waals surface area contributed by atoms with E-state index in [-0.39, 0.29) is 22.5 Å². The summed E-state index contributed by atoms with van der Waals surface area (Å²) < 4.78 is 0. The standard InChI is InChI=1S/C20H22N4O6S/c1-10(25)23-12-4-2-11(3-5-12)7-21-8-13-6-14-15(9-22-13)31-18(16(14)19(27)28)24-17(26)20(29)30/h2-5,13,21-22H,6-9H2,1H3,(H,23,25)(H,24,26)(H,27,28)(H,29,30). The predicted molar refractivity (Wildman–Crippen MR) is 114 cm³/mol. The quantitative estimate of drug-likeness (QED) is 0.347. The first-order valence-electron chi connectivity index (χ1n) is 9.47. The Balaban J connectivity index is 1.60. The lowest BCUT2D eigenvalue weighted by molar-refractivity contribution is -0.147. The predicted octanol–water partition coefficient (Wildman–Crippen LogP) is 1.23. The number of carboxylic acids is 2. The van der Waals surface area contributed by atoms with Crippen LogP contribution in [0.15, 0.2) is 24.3 Å². The van der Waals surface area contributed by atoms with Crippen LogP contribution in [0.1, 0.15) is 33.3 Å². The molecule has 2 amide bonds. The number of fused-ring (bicyclic) bond motifs is 1. The van der Waals surface area contributed by atoms with Crippen molar-refractivity contribution < 1.29 is 29.4 Å². The molecule has 1 atom stereocenters. The first kappa shape index (κ1) is 22.4. The van der Waals surface area contributed by atoms with Gasteiger partial charge in [-0.2, -0.15) is 0 Å². The van der Waals surface area contributed by atoms with Crippen LogP contribution in [0.3, 0.4) is 0 Å². The second-order valence-corrected chi connectivity index (χ2v) is 8.17. The first-order valence-corrected chi connectivity index (χ1v) is 10.3. The molecule has 1 aliphatic heterocycles. The maximum atomic E-state index is 11.8. The molecule has 31 heavy (non-hydrogen) atoms. The minimum absolute atomic E-state index is 0.0260. The van der Waals surface area contributed by atoms with Gasteiger partial charge in [0.1, 0.15) is 5.00 Å². The van der Waals surface area contributed by atoms with Gasteiger partial charge in [-0.15, -0.1) is 11.3 Å². The lowest BCUT2D eigenvalue weighted by Crippen LogP contribution is -2.42. The third-order valence-corrected chi connectivity index (χ3v) is 5.87. The Morgan fingerprint density at radius 1 is 1.13 bits per heavy atom. The number of hydrogen-bond acceptors (Lipinski definition) is 7. The van der Waals surface area contributed by atoms with Gasteiger partial charge in [-0.1, -0.05) is 12.1 Å². The molecule has 6 N–H and O–H groups in total. The number of anilines is 2. The van der Waals surface area contributed by atoms with Gasteiger partial charge < -0.3 is 31.5 Å². The van der Waals surface area contributed by atoms with E-state index in [2.05, 4.69) is 21.3 Å². The van der Waals surface area contributed by atoms with Gasteiger partial charge in [-0.3, -0.25) is 9.59 Å². The molecule has 1 aliphatic rings. The van der Waals surface area contributed by atoms with E-state index in [1.807, 2.05) is 24.3 Å². The van der Waals surface area contributed by atoms with E-state index in [0.717, 1.165) is 27.5 Å². The summed E-state index contributed by atoms with van der Waals surface area (Å²) in [6.45, 7) is 3.06. The van der Waals surface area contributed by atoms with Crippen molar-refractivity contribution in [3.8, 4) is 0 Å². The van der Waals surface area contributed by atoms with E-state index in [1.54, 1.807) is 0 Å². The summed E-state index contributed by atoms with van der Waals surface area (Å²) in [5.41, 5.74) is 2.33. The number of carbonyl (C=O) groups excluding carboxylic acids is 2. The second kappa shape index (κ2) is 9.69. The van der Waals surface area contributed by atoms with E-state index < -0.39 is 17.8 Å². The van der Waals surface area contributed by atoms with Crippen LogP contribution in [0.5, 0.6) is 0 Å². The molecule has 3 rings (SSSR count). The average Bonchev–Trinajstić information content (AvgIpc) is 3.06. The molecule has 0 bridgehead atoms. The van der Waals surface area contributed by atoms with E-state index in [1.165, 1.54) is 6.92 Å². The number of aromatic carboxylic acids is 1. The van der Waals surface area contributed by atoms with Crippen molar-refractivity contribution in [1.29, 1.82) is 0 Å². The van der Waals surface area contributed by atoms with Gasteiger partial charge in [-0.05, 0) is 29.7 Å². The molecular formula is C20H22N4O6S. The lowest BCUT2D eigenvalue weighted by Gasteiger charge is -2.24. The number of benzene rings is 1. The molecular weight excluding hydrogens is 424 g/mol. The number of nitrogens with one attached hydrogen (secondary N) is 4. The fourth-order valence-electron chi connectivity index (χ4n) is 3.34. The maximum Gasteiger partial charge on any atom is 0.394 e. The molecule has 0 saturated carbocycles. The Kier molecular flexibility index (Phi) is 7.00. The molecule has 10 nitrogen and oxygen atoms in total. The Labute approximate surface area is 181 Å². The summed E-state index contributed by atoms with van der Waals surface area (Å²) in [6, 6.07) is 7.43. The van der Waals surface area contributed by atoms with Gasteiger partial charge in [0, 0.05) is 43.2 Å². The van der Waals surface area contributed by atoms with Gasteiger partial charge in [0.2, 0.25) is 5.91 Å². The SMILES string of the molecule is CC(=O)Nc1ccc(CNCC2Cc3c(sc(NC(=O)C(=O)O)c3C(=O)O)CN2)cc1. The monoisotopic (exact) mass is 446 g/mol. The second-order valence-electron chi connectivity index (χ2n) is 7.06. The molecule has 2 heterocycles. The number of amides is 2. The molecule has 0 spiro atoms. The van der Waals surface area contributed by atoms with Crippen molar-refractivity contribution >= 4 is 45.8 Å². The van der Waals surface area contributed by atoms with Gasteiger partial charge in [0.25, 0.3) is 0 Å². The minimum atomic E-state index is -1.67. The molecule has 2 aromatic rings. The van der Waals surface area contributed by atoms with Crippen molar-refractivity contribution in [2.45, 2.75) is 32.5 Å². The average molecular weight is 446 g/mol. The first-order chi connectivity index (χ1) is 14.7. The molecule has 0 saturated heterocycles. The van der Waals surface area contributed by atoms with Crippen LogP contribution in [-0.2, 0) is 33.9 Å². The number of hydrogen-bond donors (Lipinski definition) is 6.